The number of hydrogen-bond donors (Lipinski definition) is 5. The number of aliphatic hydroxyl groups is 5. The molecular weight excluding hydrogens is 391 g/mol. The van der Waals surface area contributed by atoms with Gasteiger partial charge in [-0.3, -0.25) is 0 Å². The molecule has 0 amide bonds. The molecule has 6 nitrogen and oxygen atoms in total. The average molecular weight is 420 g/mol. The number of rotatable bonds is 7. The summed E-state index contributed by atoms with van der Waals surface area (Å²) in [7, 11) is 2.61. The van der Waals surface area contributed by atoms with Gasteiger partial charge in [0.15, 0.2) is 0 Å². The van der Waals surface area contributed by atoms with Crippen molar-refractivity contribution in [2.45, 2.75) is 43.0 Å². The normalized spacial score (nSPS) is 30.3. The van der Waals surface area contributed by atoms with Gasteiger partial charge >= 0.3 is 0 Å². The number of hydrogen-bond acceptors (Lipinski definition) is 6. The Morgan fingerprint density at radius 1 is 0.862 bits per heavy atom. The zero-order valence-corrected chi connectivity index (χ0v) is 17.3. The molecule has 2 aromatic rings. The van der Waals surface area contributed by atoms with Gasteiger partial charge in [-0.15, -0.1) is 9.24 Å². The highest BCUT2D eigenvalue weighted by molar-refractivity contribution is 7.16. The van der Waals surface area contributed by atoms with E-state index in [4.69, 9.17) is 4.74 Å². The van der Waals surface area contributed by atoms with E-state index in [1.807, 2.05) is 60.7 Å². The Balaban J connectivity index is 2.09. The lowest BCUT2D eigenvalue weighted by molar-refractivity contribution is -0.386. The number of aliphatic hydroxyl groups excluding tert-OH is 4. The summed E-state index contributed by atoms with van der Waals surface area (Å²) in [5.74, 6) is -2.20. The molecule has 0 spiro atoms. The summed E-state index contributed by atoms with van der Waals surface area (Å²) in [5.41, 5.74) is 0.793. The number of benzene rings is 2. The molecule has 6 atom stereocenters. The van der Waals surface area contributed by atoms with E-state index in [0.717, 1.165) is 11.1 Å². The highest BCUT2D eigenvalue weighted by atomic mass is 31.0. The molecule has 5 N–H and O–H groups in total. The first-order valence-corrected chi connectivity index (χ1v) is 10.5. The zero-order valence-electron chi connectivity index (χ0n) is 16.1. The van der Waals surface area contributed by atoms with Crippen molar-refractivity contribution in [3.05, 3.63) is 71.8 Å². The van der Waals surface area contributed by atoms with Crippen molar-refractivity contribution in [2.75, 3.05) is 12.8 Å². The third-order valence-corrected chi connectivity index (χ3v) is 6.67. The van der Waals surface area contributed by atoms with Crippen molar-refractivity contribution in [1.29, 1.82) is 0 Å². The summed E-state index contributed by atoms with van der Waals surface area (Å²) in [4.78, 5) is 0. The molecule has 1 unspecified atom stereocenters. The maximum absolute atomic E-state index is 11.7. The lowest BCUT2D eigenvalue weighted by Crippen LogP contribution is -2.72. The SMILES string of the molecule is OC[C@H]1O[C@](O)(C(CP)(Cc2ccccc2)Cc2ccccc2)[C@H](O)[C@@H](O)[C@@H]1O. The molecule has 1 heterocycles. The van der Waals surface area contributed by atoms with Crippen molar-refractivity contribution in [1.82, 2.24) is 0 Å². The molecule has 1 aliphatic rings. The summed E-state index contributed by atoms with van der Waals surface area (Å²) in [6.45, 7) is -0.600. The largest absolute Gasteiger partial charge is 0.394 e. The Kier molecular flexibility index (Phi) is 7.07. The molecule has 7 heteroatoms. The van der Waals surface area contributed by atoms with E-state index in [1.54, 1.807) is 0 Å². The second kappa shape index (κ2) is 9.19. The van der Waals surface area contributed by atoms with E-state index < -0.39 is 42.2 Å². The third-order valence-electron chi connectivity index (χ3n) is 5.89. The Hall–Kier alpha value is -1.37. The maximum atomic E-state index is 11.7. The minimum atomic E-state index is -2.20. The standard InChI is InChI=1S/C22H29O6P/c23-13-17-18(24)19(25)20(26)22(27,28-17)21(14-29,11-15-7-3-1-4-8-15)12-16-9-5-2-6-10-16/h1-10,17-20,23-27H,11-14,29H2/t17-,18-,19+,20-,22+/m1/s1. The molecule has 2 aromatic carbocycles. The van der Waals surface area contributed by atoms with Crippen LogP contribution in [-0.2, 0) is 17.6 Å². The molecule has 0 radical (unpaired) electrons. The van der Waals surface area contributed by atoms with Crippen molar-refractivity contribution in [3.8, 4) is 0 Å². The van der Waals surface area contributed by atoms with Gasteiger partial charge in [-0.25, -0.2) is 0 Å². The van der Waals surface area contributed by atoms with Gasteiger partial charge < -0.3 is 30.3 Å². The molecule has 0 aromatic heterocycles. The third kappa shape index (κ3) is 4.25. The molecule has 1 fully saturated rings. The van der Waals surface area contributed by atoms with Crippen LogP contribution >= 0.6 is 9.24 Å². The number of ether oxygens (including phenoxy) is 1. The molecule has 0 aliphatic carbocycles. The van der Waals surface area contributed by atoms with E-state index >= 15 is 0 Å². The second-order valence-electron chi connectivity index (χ2n) is 7.77. The summed E-state index contributed by atoms with van der Waals surface area (Å²) in [6.07, 6.45) is -5.11. The van der Waals surface area contributed by atoms with E-state index in [0.29, 0.717) is 19.0 Å². The Bertz CT molecular complexity index is 730. The zero-order chi connectivity index (χ0) is 21.1. The van der Waals surface area contributed by atoms with E-state index in [2.05, 4.69) is 9.24 Å². The molecule has 158 valence electrons. The Morgan fingerprint density at radius 2 is 1.34 bits per heavy atom. The predicted molar refractivity (Wildman–Crippen MR) is 112 cm³/mol. The van der Waals surface area contributed by atoms with Gasteiger partial charge in [-0.05, 0) is 30.1 Å². The maximum Gasteiger partial charge on any atom is 0.201 e. The van der Waals surface area contributed by atoms with Crippen LogP contribution in [0, 0.1) is 5.41 Å². The van der Waals surface area contributed by atoms with Gasteiger partial charge in [0.05, 0.1) is 6.61 Å². The minimum Gasteiger partial charge on any atom is -0.394 e. The second-order valence-corrected chi connectivity index (χ2v) is 8.18. The van der Waals surface area contributed by atoms with Crippen LogP contribution in [-0.4, -0.2) is 68.5 Å². The van der Waals surface area contributed by atoms with Crippen LogP contribution in [0.2, 0.25) is 0 Å². The van der Waals surface area contributed by atoms with Crippen molar-refractivity contribution >= 4 is 9.24 Å². The molecule has 1 saturated heterocycles. The van der Waals surface area contributed by atoms with Gasteiger partial charge in [0.2, 0.25) is 5.79 Å². The fraction of sp³-hybridized carbons (Fsp3) is 0.455. The van der Waals surface area contributed by atoms with Crippen molar-refractivity contribution in [3.63, 3.8) is 0 Å². The molecule has 1 aliphatic heterocycles. The first kappa shape index (κ1) is 22.3. The lowest BCUT2D eigenvalue weighted by Gasteiger charge is -2.55. The van der Waals surface area contributed by atoms with Crippen LogP contribution in [0.1, 0.15) is 11.1 Å². The van der Waals surface area contributed by atoms with Crippen LogP contribution in [0.4, 0.5) is 0 Å². The van der Waals surface area contributed by atoms with Gasteiger partial charge in [-0.2, -0.15) is 0 Å². The molecular formula is C22H29O6P. The smallest absolute Gasteiger partial charge is 0.201 e. The monoisotopic (exact) mass is 420 g/mol. The highest BCUT2D eigenvalue weighted by Crippen LogP contribution is 2.47. The summed E-state index contributed by atoms with van der Waals surface area (Å²) in [5, 5.41) is 52.7. The fourth-order valence-corrected chi connectivity index (χ4v) is 4.75. The van der Waals surface area contributed by atoms with E-state index in [9.17, 15) is 25.5 Å². The predicted octanol–water partition coefficient (Wildman–Crippen LogP) is 0.496. The molecule has 3 rings (SSSR count). The van der Waals surface area contributed by atoms with Crippen molar-refractivity contribution in [2.24, 2.45) is 5.41 Å². The van der Waals surface area contributed by atoms with E-state index in [-0.39, 0.29) is 0 Å². The van der Waals surface area contributed by atoms with Gasteiger partial charge in [0.1, 0.15) is 24.4 Å². The topological polar surface area (TPSA) is 110 Å². The van der Waals surface area contributed by atoms with Gasteiger partial charge in [0.25, 0.3) is 0 Å². The quantitative estimate of drug-likeness (QED) is 0.417. The van der Waals surface area contributed by atoms with Crippen LogP contribution in [0.3, 0.4) is 0 Å². The summed E-state index contributed by atoms with van der Waals surface area (Å²) in [6, 6.07) is 19.1. The van der Waals surface area contributed by atoms with E-state index in [1.165, 1.54) is 0 Å². The van der Waals surface area contributed by atoms with Gasteiger partial charge in [-0.1, -0.05) is 60.7 Å². The molecule has 29 heavy (non-hydrogen) atoms. The summed E-state index contributed by atoms with van der Waals surface area (Å²) < 4.78 is 5.75. The fourth-order valence-electron chi connectivity index (χ4n) is 4.17. The highest BCUT2D eigenvalue weighted by Gasteiger charge is 2.62. The molecule has 0 bridgehead atoms. The first-order chi connectivity index (χ1) is 13.9. The molecule has 0 saturated carbocycles. The lowest BCUT2D eigenvalue weighted by atomic mass is 9.67. The summed E-state index contributed by atoms with van der Waals surface area (Å²) >= 11 is 0. The van der Waals surface area contributed by atoms with Crippen LogP contribution in [0.5, 0.6) is 0 Å². The minimum absolute atomic E-state index is 0.339. The van der Waals surface area contributed by atoms with Crippen LogP contribution < -0.4 is 0 Å². The van der Waals surface area contributed by atoms with Gasteiger partial charge in [0, 0.05) is 5.41 Å². The first-order valence-electron chi connectivity index (χ1n) is 9.70. The Morgan fingerprint density at radius 3 is 1.76 bits per heavy atom. The Labute approximate surface area is 173 Å². The average Bonchev–Trinajstić information content (AvgIpc) is 2.75. The van der Waals surface area contributed by atoms with Crippen molar-refractivity contribution < 1.29 is 30.3 Å². The van der Waals surface area contributed by atoms with Crippen LogP contribution in [0.15, 0.2) is 60.7 Å². The van der Waals surface area contributed by atoms with Crippen LogP contribution in [0.25, 0.3) is 0 Å².